The standard InChI is InChI=1S/C28H34N8O4/c1-6-18-15-31-28(32-22-13-24(36(38)39)21(14-25(22)40-5)30-11-12-34(3)4)33-27(18)20-16-35(17-26(37)29-2)23-10-8-7-9-19(20)23/h7-10,13-16,30H,6,11-12,17H2,1-5H3,(H,29,37)(H,31,32,33). The van der Waals surface area contributed by atoms with Crippen LogP contribution in [0.5, 0.6) is 5.75 Å². The molecule has 12 nitrogen and oxygen atoms in total. The van der Waals surface area contributed by atoms with E-state index in [2.05, 4.69) is 20.9 Å². The van der Waals surface area contributed by atoms with Crippen molar-refractivity contribution in [3.8, 4) is 17.0 Å². The molecule has 0 spiro atoms. The zero-order valence-corrected chi connectivity index (χ0v) is 23.3. The van der Waals surface area contributed by atoms with Crippen LogP contribution in [0.2, 0.25) is 0 Å². The molecule has 0 radical (unpaired) electrons. The van der Waals surface area contributed by atoms with Crippen molar-refractivity contribution in [3.05, 3.63) is 64.5 Å². The summed E-state index contributed by atoms with van der Waals surface area (Å²) in [6.45, 7) is 3.43. The maximum Gasteiger partial charge on any atom is 0.294 e. The van der Waals surface area contributed by atoms with E-state index in [-0.39, 0.29) is 24.1 Å². The number of nitro benzene ring substituents is 1. The summed E-state index contributed by atoms with van der Waals surface area (Å²) < 4.78 is 7.45. The van der Waals surface area contributed by atoms with Gasteiger partial charge >= 0.3 is 0 Å². The highest BCUT2D eigenvalue weighted by Crippen LogP contribution is 2.38. The van der Waals surface area contributed by atoms with E-state index in [4.69, 9.17) is 9.72 Å². The number of aryl methyl sites for hydroxylation is 1. The summed E-state index contributed by atoms with van der Waals surface area (Å²) in [6, 6.07) is 10.9. The number of anilines is 3. The lowest BCUT2D eigenvalue weighted by Gasteiger charge is -2.16. The van der Waals surface area contributed by atoms with Gasteiger partial charge in [-0.2, -0.15) is 0 Å². The number of aromatic nitrogens is 3. The fraction of sp³-hybridized carbons (Fsp3) is 0.321. The van der Waals surface area contributed by atoms with Gasteiger partial charge in [-0.1, -0.05) is 25.1 Å². The Kier molecular flexibility index (Phi) is 8.80. The highest BCUT2D eigenvalue weighted by atomic mass is 16.6. The minimum Gasteiger partial charge on any atom is -0.494 e. The molecule has 0 fully saturated rings. The number of likely N-dealkylation sites (N-methyl/N-ethyl adjacent to an activating group) is 2. The van der Waals surface area contributed by atoms with Crippen LogP contribution < -0.4 is 20.7 Å². The summed E-state index contributed by atoms with van der Waals surface area (Å²) in [5, 5.41) is 21.8. The van der Waals surface area contributed by atoms with Crippen LogP contribution in [0.3, 0.4) is 0 Å². The molecule has 2 heterocycles. The van der Waals surface area contributed by atoms with Crippen molar-refractivity contribution >= 4 is 39.8 Å². The third-order valence-electron chi connectivity index (χ3n) is 6.52. The van der Waals surface area contributed by atoms with Crippen LogP contribution in [0.4, 0.5) is 23.0 Å². The van der Waals surface area contributed by atoms with E-state index in [9.17, 15) is 14.9 Å². The first-order valence-electron chi connectivity index (χ1n) is 12.9. The number of carbonyl (C=O) groups is 1. The zero-order chi connectivity index (χ0) is 28.8. The second-order valence-corrected chi connectivity index (χ2v) is 9.46. The summed E-state index contributed by atoms with van der Waals surface area (Å²) in [6.07, 6.45) is 4.35. The van der Waals surface area contributed by atoms with Crippen molar-refractivity contribution in [1.29, 1.82) is 0 Å². The van der Waals surface area contributed by atoms with Crippen LogP contribution in [0.25, 0.3) is 22.2 Å². The Labute approximate surface area is 232 Å². The van der Waals surface area contributed by atoms with E-state index in [1.807, 2.05) is 60.9 Å². The van der Waals surface area contributed by atoms with Gasteiger partial charge in [0.05, 0.1) is 23.4 Å². The quantitative estimate of drug-likeness (QED) is 0.177. The number of rotatable bonds is 12. The maximum absolute atomic E-state index is 12.2. The largest absolute Gasteiger partial charge is 0.494 e. The summed E-state index contributed by atoms with van der Waals surface area (Å²) in [7, 11) is 6.98. The smallest absolute Gasteiger partial charge is 0.294 e. The van der Waals surface area contributed by atoms with Crippen LogP contribution in [0, 0.1) is 10.1 Å². The van der Waals surface area contributed by atoms with Gasteiger partial charge in [0.15, 0.2) is 0 Å². The molecule has 12 heteroatoms. The number of fused-ring (bicyclic) bond motifs is 1. The predicted molar refractivity (Wildman–Crippen MR) is 156 cm³/mol. The maximum atomic E-state index is 12.2. The van der Waals surface area contributed by atoms with E-state index in [0.717, 1.165) is 22.0 Å². The minimum absolute atomic E-state index is 0.0928. The number of hydrogen-bond donors (Lipinski definition) is 3. The van der Waals surface area contributed by atoms with Crippen LogP contribution >= 0.6 is 0 Å². The number of amides is 1. The van der Waals surface area contributed by atoms with E-state index in [1.54, 1.807) is 19.3 Å². The highest BCUT2D eigenvalue weighted by molar-refractivity contribution is 5.96. The SMILES string of the molecule is CCc1cnc(Nc2cc([N+](=O)[O-])c(NCCN(C)C)cc2OC)nc1-c1cn(CC(=O)NC)c2ccccc12. The molecule has 40 heavy (non-hydrogen) atoms. The van der Waals surface area contributed by atoms with Crippen LogP contribution in [0.15, 0.2) is 48.8 Å². The Morgan fingerprint density at radius 2 is 1.98 bits per heavy atom. The molecule has 3 N–H and O–H groups in total. The Morgan fingerprint density at radius 3 is 2.65 bits per heavy atom. The second kappa shape index (κ2) is 12.4. The van der Waals surface area contributed by atoms with Crippen LogP contribution in [0.1, 0.15) is 12.5 Å². The highest BCUT2D eigenvalue weighted by Gasteiger charge is 2.21. The second-order valence-electron chi connectivity index (χ2n) is 9.46. The summed E-state index contributed by atoms with van der Waals surface area (Å²) >= 11 is 0. The molecule has 0 aliphatic rings. The Bertz CT molecular complexity index is 1530. The first-order valence-corrected chi connectivity index (χ1v) is 12.9. The summed E-state index contributed by atoms with van der Waals surface area (Å²) in [5.74, 6) is 0.558. The Hall–Kier alpha value is -4.71. The lowest BCUT2D eigenvalue weighted by Crippen LogP contribution is -2.22. The van der Waals surface area contributed by atoms with Crippen LogP contribution in [-0.2, 0) is 17.8 Å². The lowest BCUT2D eigenvalue weighted by molar-refractivity contribution is -0.383. The van der Waals surface area contributed by atoms with Crippen LogP contribution in [-0.4, -0.2) is 71.6 Å². The molecule has 0 aliphatic heterocycles. The number of carbonyl (C=O) groups excluding carboxylic acids is 1. The van der Waals surface area contributed by atoms with E-state index in [0.29, 0.717) is 42.3 Å². The number of hydrogen-bond acceptors (Lipinski definition) is 9. The third-order valence-corrected chi connectivity index (χ3v) is 6.52. The topological polar surface area (TPSA) is 139 Å². The van der Waals surface area contributed by atoms with Gasteiger partial charge in [0.25, 0.3) is 5.69 Å². The molecular weight excluding hydrogens is 512 g/mol. The Morgan fingerprint density at radius 1 is 1.20 bits per heavy atom. The van der Waals surface area contributed by atoms with E-state index >= 15 is 0 Å². The predicted octanol–water partition coefficient (Wildman–Crippen LogP) is 4.04. The molecule has 0 unspecified atom stereocenters. The molecule has 4 aromatic rings. The van der Waals surface area contributed by atoms with Crippen molar-refractivity contribution in [2.75, 3.05) is 52.0 Å². The van der Waals surface area contributed by atoms with Crippen molar-refractivity contribution in [2.45, 2.75) is 19.9 Å². The first kappa shape index (κ1) is 28.3. The fourth-order valence-electron chi connectivity index (χ4n) is 4.42. The number of para-hydroxylation sites is 1. The van der Waals surface area contributed by atoms with Crippen molar-refractivity contribution in [2.24, 2.45) is 0 Å². The van der Waals surface area contributed by atoms with Crippen molar-refractivity contribution in [3.63, 3.8) is 0 Å². The van der Waals surface area contributed by atoms with Crippen molar-refractivity contribution in [1.82, 2.24) is 24.8 Å². The minimum atomic E-state index is -0.434. The molecule has 1 amide bonds. The first-order chi connectivity index (χ1) is 19.2. The third kappa shape index (κ3) is 6.12. The number of benzene rings is 2. The van der Waals surface area contributed by atoms with Gasteiger partial charge < -0.3 is 30.2 Å². The molecule has 0 saturated heterocycles. The molecule has 2 aromatic heterocycles. The molecule has 0 aliphatic carbocycles. The Balaban J connectivity index is 1.75. The molecule has 210 valence electrons. The van der Waals surface area contributed by atoms with Gasteiger partial charge in [0.2, 0.25) is 11.9 Å². The van der Waals surface area contributed by atoms with Gasteiger partial charge in [-0.25, -0.2) is 9.97 Å². The number of nitrogens with one attached hydrogen (secondary N) is 3. The van der Waals surface area contributed by atoms with E-state index < -0.39 is 4.92 Å². The molecule has 2 aromatic carbocycles. The molecular formula is C28H34N8O4. The lowest BCUT2D eigenvalue weighted by atomic mass is 10.0. The molecule has 0 bridgehead atoms. The number of methoxy groups -OCH3 is 1. The van der Waals surface area contributed by atoms with E-state index in [1.165, 1.54) is 13.2 Å². The van der Waals surface area contributed by atoms with Gasteiger partial charge in [-0.3, -0.25) is 14.9 Å². The average Bonchev–Trinajstić information content (AvgIpc) is 3.31. The van der Waals surface area contributed by atoms with Gasteiger partial charge in [0, 0.05) is 61.1 Å². The molecule has 4 rings (SSSR count). The zero-order valence-electron chi connectivity index (χ0n) is 23.3. The van der Waals surface area contributed by atoms with Gasteiger partial charge in [0.1, 0.15) is 18.0 Å². The monoisotopic (exact) mass is 546 g/mol. The summed E-state index contributed by atoms with van der Waals surface area (Å²) in [5.41, 5.74) is 4.04. The average molecular weight is 547 g/mol. The normalized spacial score (nSPS) is 11.1. The number of nitro groups is 1. The summed E-state index contributed by atoms with van der Waals surface area (Å²) in [4.78, 5) is 34.9. The molecule has 0 atom stereocenters. The molecule has 0 saturated carbocycles. The fourth-order valence-corrected chi connectivity index (χ4v) is 4.42. The number of ether oxygens (including phenoxy) is 1. The van der Waals surface area contributed by atoms with Crippen molar-refractivity contribution < 1.29 is 14.5 Å². The number of nitrogens with zero attached hydrogens (tertiary/aromatic N) is 5. The van der Waals surface area contributed by atoms with Gasteiger partial charge in [-0.05, 0) is 32.1 Å². The van der Waals surface area contributed by atoms with Gasteiger partial charge in [-0.15, -0.1) is 0 Å².